The fourth-order valence-corrected chi connectivity index (χ4v) is 3.13. The second-order valence-electron chi connectivity index (χ2n) is 8.19. The molecule has 1 heterocycles. The number of amides is 1. The van der Waals surface area contributed by atoms with Crippen molar-refractivity contribution in [2.24, 2.45) is 5.41 Å². The van der Waals surface area contributed by atoms with E-state index in [1.807, 2.05) is 83.1 Å². The van der Waals surface area contributed by atoms with Crippen LogP contribution in [0.5, 0.6) is 0 Å². The third-order valence-corrected chi connectivity index (χ3v) is 4.61. The molecule has 0 aliphatic rings. The van der Waals surface area contributed by atoms with Gasteiger partial charge >= 0.3 is 0 Å². The molecule has 4 nitrogen and oxygen atoms in total. The molecular formula is C23H26N2O2. The zero-order valence-corrected chi connectivity index (χ0v) is 16.6. The van der Waals surface area contributed by atoms with E-state index in [2.05, 4.69) is 4.98 Å². The number of nitrogens with zero attached hydrogens (tertiary/aromatic N) is 1. The topological polar surface area (TPSA) is 53.2 Å². The van der Waals surface area contributed by atoms with Crippen molar-refractivity contribution in [2.75, 3.05) is 4.90 Å². The highest BCUT2D eigenvalue weighted by molar-refractivity contribution is 5.97. The first-order valence-corrected chi connectivity index (χ1v) is 9.16. The molecule has 0 aliphatic heterocycles. The molecule has 0 aliphatic carbocycles. The van der Waals surface area contributed by atoms with Gasteiger partial charge in [-0.05, 0) is 54.6 Å². The van der Waals surface area contributed by atoms with E-state index >= 15 is 0 Å². The van der Waals surface area contributed by atoms with Crippen LogP contribution >= 0.6 is 0 Å². The van der Waals surface area contributed by atoms with Crippen molar-refractivity contribution >= 4 is 22.5 Å². The van der Waals surface area contributed by atoms with Crippen molar-refractivity contribution in [1.29, 1.82) is 0 Å². The molecule has 0 atom stereocenters. The number of H-pyrrole nitrogens is 1. The highest BCUT2D eigenvalue weighted by Gasteiger charge is 2.29. The first-order chi connectivity index (χ1) is 12.6. The number of hydrogen-bond donors (Lipinski definition) is 1. The highest BCUT2D eigenvalue weighted by Crippen LogP contribution is 2.26. The van der Waals surface area contributed by atoms with Gasteiger partial charge in [-0.3, -0.25) is 9.59 Å². The fraction of sp³-hybridized carbons (Fsp3) is 0.304. The Morgan fingerprint density at radius 2 is 1.70 bits per heavy atom. The Labute approximate surface area is 159 Å². The SMILES string of the molecule is Cc1cccc(N(Cc2cc3ccc(C)cc3[nH]c2=O)C(=O)C(C)(C)C)c1. The number of carbonyl (C=O) groups excluding carboxylic acids is 1. The van der Waals surface area contributed by atoms with E-state index in [-0.39, 0.29) is 18.0 Å². The Kier molecular flexibility index (Phi) is 4.92. The first-order valence-electron chi connectivity index (χ1n) is 9.16. The third kappa shape index (κ3) is 4.11. The minimum Gasteiger partial charge on any atom is -0.322 e. The van der Waals surface area contributed by atoms with Crippen molar-refractivity contribution < 1.29 is 4.79 Å². The van der Waals surface area contributed by atoms with Crippen LogP contribution in [-0.2, 0) is 11.3 Å². The standard InChI is InChI=1S/C23H26N2O2/c1-15-7-6-8-19(11-15)25(22(27)23(3,4)5)14-18-13-17-10-9-16(2)12-20(17)24-21(18)26/h6-13H,14H2,1-5H3,(H,24,26). The summed E-state index contributed by atoms with van der Waals surface area (Å²) in [4.78, 5) is 30.4. The monoisotopic (exact) mass is 362 g/mol. The number of pyridine rings is 1. The minimum absolute atomic E-state index is 0.0171. The molecule has 0 saturated heterocycles. The summed E-state index contributed by atoms with van der Waals surface area (Å²) < 4.78 is 0. The molecule has 1 amide bonds. The number of benzene rings is 2. The summed E-state index contributed by atoms with van der Waals surface area (Å²) >= 11 is 0. The molecule has 0 unspecified atom stereocenters. The predicted molar refractivity (Wildman–Crippen MR) is 111 cm³/mol. The van der Waals surface area contributed by atoms with Crippen LogP contribution in [0.15, 0.2) is 53.3 Å². The molecule has 0 radical (unpaired) electrons. The lowest BCUT2D eigenvalue weighted by molar-refractivity contribution is -0.125. The summed E-state index contributed by atoms with van der Waals surface area (Å²) in [5.41, 5.74) is 3.64. The quantitative estimate of drug-likeness (QED) is 0.733. The van der Waals surface area contributed by atoms with E-state index in [0.29, 0.717) is 5.56 Å². The molecule has 0 bridgehead atoms. The zero-order valence-electron chi connectivity index (χ0n) is 16.6. The number of rotatable bonds is 3. The Hall–Kier alpha value is -2.88. The maximum atomic E-state index is 13.1. The van der Waals surface area contributed by atoms with Crippen molar-refractivity contribution in [3.63, 3.8) is 0 Å². The molecule has 2 aromatic carbocycles. The zero-order chi connectivity index (χ0) is 19.8. The van der Waals surface area contributed by atoms with Crippen molar-refractivity contribution in [3.05, 3.63) is 75.6 Å². The molecule has 1 N–H and O–H groups in total. The smallest absolute Gasteiger partial charge is 0.253 e. The summed E-state index contributed by atoms with van der Waals surface area (Å²) in [6.07, 6.45) is 0. The van der Waals surface area contributed by atoms with Gasteiger partial charge in [0.1, 0.15) is 0 Å². The van der Waals surface area contributed by atoms with Crippen molar-refractivity contribution in [3.8, 4) is 0 Å². The molecule has 140 valence electrons. The molecule has 0 fully saturated rings. The molecule has 4 heteroatoms. The van der Waals surface area contributed by atoms with Gasteiger partial charge in [0, 0.05) is 22.2 Å². The van der Waals surface area contributed by atoms with Crippen LogP contribution in [0.25, 0.3) is 10.9 Å². The van der Waals surface area contributed by atoms with E-state index in [4.69, 9.17) is 0 Å². The summed E-state index contributed by atoms with van der Waals surface area (Å²) in [6.45, 7) is 9.91. The second kappa shape index (κ2) is 7.03. The van der Waals surface area contributed by atoms with Gasteiger partial charge in [-0.25, -0.2) is 0 Å². The highest BCUT2D eigenvalue weighted by atomic mass is 16.2. The lowest BCUT2D eigenvalue weighted by Crippen LogP contribution is -2.40. The molecule has 3 aromatic rings. The molecular weight excluding hydrogens is 336 g/mol. The Bertz CT molecular complexity index is 1060. The van der Waals surface area contributed by atoms with E-state index in [1.165, 1.54) is 0 Å². The van der Waals surface area contributed by atoms with Gasteiger partial charge in [-0.1, -0.05) is 45.0 Å². The number of hydrogen-bond acceptors (Lipinski definition) is 2. The van der Waals surface area contributed by atoms with Crippen LogP contribution in [0.1, 0.15) is 37.5 Å². The maximum absolute atomic E-state index is 13.1. The summed E-state index contributed by atoms with van der Waals surface area (Å²) in [5.74, 6) is -0.0171. The summed E-state index contributed by atoms with van der Waals surface area (Å²) in [5, 5.41) is 0.961. The molecule has 27 heavy (non-hydrogen) atoms. The largest absolute Gasteiger partial charge is 0.322 e. The van der Waals surface area contributed by atoms with Gasteiger partial charge < -0.3 is 9.88 Å². The van der Waals surface area contributed by atoms with Crippen LogP contribution in [0, 0.1) is 19.3 Å². The summed E-state index contributed by atoms with van der Waals surface area (Å²) in [7, 11) is 0. The van der Waals surface area contributed by atoms with Gasteiger partial charge in [-0.2, -0.15) is 0 Å². The Balaban J connectivity index is 2.08. The van der Waals surface area contributed by atoms with Crippen molar-refractivity contribution in [2.45, 2.75) is 41.2 Å². The summed E-state index contributed by atoms with van der Waals surface area (Å²) in [6, 6.07) is 15.7. The van der Waals surface area contributed by atoms with Gasteiger partial charge in [-0.15, -0.1) is 0 Å². The Morgan fingerprint density at radius 3 is 2.37 bits per heavy atom. The van der Waals surface area contributed by atoms with Crippen LogP contribution in [0.4, 0.5) is 5.69 Å². The van der Waals surface area contributed by atoms with Crippen LogP contribution < -0.4 is 10.5 Å². The number of anilines is 1. The number of aromatic amines is 1. The van der Waals surface area contributed by atoms with E-state index < -0.39 is 5.41 Å². The predicted octanol–water partition coefficient (Wildman–Crippen LogP) is 4.72. The fourth-order valence-electron chi connectivity index (χ4n) is 3.13. The van der Waals surface area contributed by atoms with Crippen LogP contribution in [-0.4, -0.2) is 10.9 Å². The number of aromatic nitrogens is 1. The first kappa shape index (κ1) is 18.9. The number of fused-ring (bicyclic) bond motifs is 1. The van der Waals surface area contributed by atoms with Crippen LogP contribution in [0.3, 0.4) is 0 Å². The second-order valence-corrected chi connectivity index (χ2v) is 8.19. The minimum atomic E-state index is -0.551. The Morgan fingerprint density at radius 1 is 1.00 bits per heavy atom. The van der Waals surface area contributed by atoms with E-state index in [9.17, 15) is 9.59 Å². The van der Waals surface area contributed by atoms with E-state index in [1.54, 1.807) is 4.90 Å². The lowest BCUT2D eigenvalue weighted by Gasteiger charge is -2.30. The molecule has 0 spiro atoms. The normalized spacial score (nSPS) is 11.6. The van der Waals surface area contributed by atoms with Crippen LogP contribution in [0.2, 0.25) is 0 Å². The number of aryl methyl sites for hydroxylation is 2. The lowest BCUT2D eigenvalue weighted by atomic mass is 9.94. The van der Waals surface area contributed by atoms with Gasteiger partial charge in [0.25, 0.3) is 5.56 Å². The van der Waals surface area contributed by atoms with Gasteiger partial charge in [0.05, 0.1) is 6.54 Å². The van der Waals surface area contributed by atoms with Crippen molar-refractivity contribution in [1.82, 2.24) is 4.98 Å². The van der Waals surface area contributed by atoms with Gasteiger partial charge in [0.2, 0.25) is 5.91 Å². The van der Waals surface area contributed by atoms with Gasteiger partial charge in [0.15, 0.2) is 0 Å². The average Bonchev–Trinajstić information content (AvgIpc) is 2.58. The average molecular weight is 362 g/mol. The van der Waals surface area contributed by atoms with E-state index in [0.717, 1.165) is 27.7 Å². The molecule has 3 rings (SSSR count). The maximum Gasteiger partial charge on any atom is 0.253 e. The molecule has 1 aromatic heterocycles. The third-order valence-electron chi connectivity index (χ3n) is 4.61. The number of nitrogens with one attached hydrogen (secondary N) is 1. The number of carbonyl (C=O) groups is 1. The molecule has 0 saturated carbocycles.